The summed E-state index contributed by atoms with van der Waals surface area (Å²) in [6.07, 6.45) is 1.53. The molecule has 1 aliphatic carbocycles. The van der Waals surface area contributed by atoms with Gasteiger partial charge in [0.15, 0.2) is 0 Å². The van der Waals surface area contributed by atoms with E-state index in [0.717, 1.165) is 31.4 Å². The number of likely N-dealkylation sites (tertiary alicyclic amines) is 1. The summed E-state index contributed by atoms with van der Waals surface area (Å²) < 4.78 is 67.9. The van der Waals surface area contributed by atoms with Crippen molar-refractivity contribution >= 4 is 15.9 Å². The normalized spacial score (nSPS) is 19.6. The Morgan fingerprint density at radius 3 is 2.22 bits per heavy atom. The van der Waals surface area contributed by atoms with Crippen LogP contribution >= 0.6 is 0 Å². The maximum Gasteiger partial charge on any atom is 0.416 e. The Morgan fingerprint density at radius 2 is 1.69 bits per heavy atom. The van der Waals surface area contributed by atoms with Gasteiger partial charge in [-0.2, -0.15) is 17.5 Å². The van der Waals surface area contributed by atoms with Crippen molar-refractivity contribution in [2.75, 3.05) is 13.1 Å². The summed E-state index contributed by atoms with van der Waals surface area (Å²) in [6, 6.07) is 3.20. The van der Waals surface area contributed by atoms with Gasteiger partial charge in [0, 0.05) is 31.2 Å². The van der Waals surface area contributed by atoms with Gasteiger partial charge >= 0.3 is 6.18 Å². The second-order valence-electron chi connectivity index (χ2n) is 10.8. The first-order chi connectivity index (χ1) is 16.8. The number of carbonyl (C=O) groups excluding carboxylic acids is 1. The molecule has 0 spiro atoms. The molecule has 0 aromatic heterocycles. The number of hydrogen-bond donors (Lipinski definition) is 1. The Morgan fingerprint density at radius 1 is 1.08 bits per heavy atom. The zero-order valence-electron chi connectivity index (χ0n) is 21.7. The molecular formula is C26H40F3N3O3S. The van der Waals surface area contributed by atoms with Crippen LogP contribution in [0, 0.1) is 5.92 Å². The molecule has 1 N–H and O–H groups in total. The third-order valence-corrected chi connectivity index (χ3v) is 9.30. The summed E-state index contributed by atoms with van der Waals surface area (Å²) in [6.45, 7) is 8.50. The van der Waals surface area contributed by atoms with Crippen LogP contribution in [0.2, 0.25) is 0 Å². The van der Waals surface area contributed by atoms with Gasteiger partial charge < -0.3 is 10.2 Å². The summed E-state index contributed by atoms with van der Waals surface area (Å²) in [5.74, 6) is 0.422. The van der Waals surface area contributed by atoms with E-state index in [-0.39, 0.29) is 22.9 Å². The molecule has 1 aromatic rings. The predicted molar refractivity (Wildman–Crippen MR) is 134 cm³/mol. The minimum atomic E-state index is -4.63. The van der Waals surface area contributed by atoms with Crippen molar-refractivity contribution in [2.24, 2.45) is 5.92 Å². The van der Waals surface area contributed by atoms with Gasteiger partial charge in [-0.1, -0.05) is 32.8 Å². The Labute approximate surface area is 213 Å². The minimum absolute atomic E-state index is 0.0610. The summed E-state index contributed by atoms with van der Waals surface area (Å²) in [7, 11) is -4.15. The molecule has 1 saturated heterocycles. The third-order valence-electron chi connectivity index (χ3n) is 7.18. The number of nitrogens with zero attached hydrogens (tertiary/aromatic N) is 2. The van der Waals surface area contributed by atoms with Gasteiger partial charge in [-0.05, 0) is 70.1 Å². The largest absolute Gasteiger partial charge is 0.416 e. The van der Waals surface area contributed by atoms with Gasteiger partial charge in [0.1, 0.15) is 0 Å². The molecule has 1 aromatic carbocycles. The molecule has 204 valence electrons. The molecule has 0 radical (unpaired) electrons. The highest BCUT2D eigenvalue weighted by Crippen LogP contribution is 2.33. The number of piperidine rings is 1. The van der Waals surface area contributed by atoms with Gasteiger partial charge in [0.25, 0.3) is 0 Å². The number of benzene rings is 1. The van der Waals surface area contributed by atoms with E-state index in [0.29, 0.717) is 44.0 Å². The van der Waals surface area contributed by atoms with Crippen molar-refractivity contribution < 1.29 is 26.4 Å². The monoisotopic (exact) mass is 531 g/mol. The van der Waals surface area contributed by atoms with Gasteiger partial charge in [0.2, 0.25) is 15.9 Å². The van der Waals surface area contributed by atoms with E-state index in [1.165, 1.54) is 23.2 Å². The highest BCUT2D eigenvalue weighted by Gasteiger charge is 2.39. The lowest BCUT2D eigenvalue weighted by Gasteiger charge is -2.41. The average Bonchev–Trinajstić information content (AvgIpc) is 3.31. The zero-order valence-corrected chi connectivity index (χ0v) is 22.5. The molecule has 3 rings (SSSR count). The van der Waals surface area contributed by atoms with Crippen molar-refractivity contribution in [2.45, 2.75) is 108 Å². The lowest BCUT2D eigenvalue weighted by atomic mass is 9.98. The number of sulfonamides is 1. The average molecular weight is 532 g/mol. The number of alkyl halides is 3. The molecule has 1 amide bonds. The van der Waals surface area contributed by atoms with Gasteiger partial charge in [0.05, 0.1) is 16.5 Å². The number of halogens is 3. The minimum Gasteiger partial charge on any atom is -0.341 e. The summed E-state index contributed by atoms with van der Waals surface area (Å²) in [4.78, 5) is 14.9. The van der Waals surface area contributed by atoms with Crippen molar-refractivity contribution in [3.8, 4) is 0 Å². The molecule has 6 nitrogen and oxygen atoms in total. The fourth-order valence-electron chi connectivity index (χ4n) is 5.50. The van der Waals surface area contributed by atoms with Crippen LogP contribution < -0.4 is 5.32 Å². The highest BCUT2D eigenvalue weighted by atomic mass is 32.2. The Balaban J connectivity index is 1.72. The van der Waals surface area contributed by atoms with Crippen molar-refractivity contribution in [1.29, 1.82) is 0 Å². The van der Waals surface area contributed by atoms with Crippen LogP contribution in [0.4, 0.5) is 13.2 Å². The molecule has 1 aliphatic heterocycles. The van der Waals surface area contributed by atoms with Crippen molar-refractivity contribution in [3.05, 3.63) is 29.8 Å². The zero-order chi connectivity index (χ0) is 26.7. The topological polar surface area (TPSA) is 69.7 Å². The highest BCUT2D eigenvalue weighted by molar-refractivity contribution is 7.89. The quantitative estimate of drug-likeness (QED) is 0.485. The van der Waals surface area contributed by atoms with Crippen LogP contribution in [0.15, 0.2) is 29.2 Å². The van der Waals surface area contributed by atoms with E-state index in [1.54, 1.807) is 13.8 Å². The lowest BCUT2D eigenvalue weighted by molar-refractivity contribution is -0.138. The molecule has 36 heavy (non-hydrogen) atoms. The first-order valence-electron chi connectivity index (χ1n) is 13.1. The molecule has 1 atom stereocenters. The van der Waals surface area contributed by atoms with E-state index >= 15 is 0 Å². The van der Waals surface area contributed by atoms with Gasteiger partial charge in [-0.3, -0.25) is 4.79 Å². The van der Waals surface area contributed by atoms with E-state index < -0.39 is 27.8 Å². The molecule has 1 heterocycles. The molecule has 10 heteroatoms. The fraction of sp³-hybridized carbons (Fsp3) is 0.731. The van der Waals surface area contributed by atoms with Crippen LogP contribution in [-0.2, 0) is 21.0 Å². The number of rotatable bonds is 9. The second-order valence-corrected chi connectivity index (χ2v) is 12.7. The maximum atomic E-state index is 13.5. The fourth-order valence-corrected chi connectivity index (χ4v) is 7.43. The van der Waals surface area contributed by atoms with Crippen LogP contribution in [0.3, 0.4) is 0 Å². The molecule has 1 saturated carbocycles. The van der Waals surface area contributed by atoms with Crippen molar-refractivity contribution in [3.63, 3.8) is 0 Å². The van der Waals surface area contributed by atoms with Crippen LogP contribution in [0.25, 0.3) is 0 Å². The third kappa shape index (κ3) is 7.01. The van der Waals surface area contributed by atoms with E-state index in [9.17, 15) is 26.4 Å². The summed E-state index contributed by atoms with van der Waals surface area (Å²) in [5, 5.41) is 3.57. The first-order valence-corrected chi connectivity index (χ1v) is 14.5. The second kappa shape index (κ2) is 11.8. The molecule has 0 bridgehead atoms. The Bertz CT molecular complexity index is 984. The summed E-state index contributed by atoms with van der Waals surface area (Å²) in [5.41, 5.74) is -0.987. The predicted octanol–water partition coefficient (Wildman–Crippen LogP) is 5.04. The first kappa shape index (κ1) is 28.9. The summed E-state index contributed by atoms with van der Waals surface area (Å²) >= 11 is 0. The molecule has 1 unspecified atom stereocenters. The SMILES string of the molecule is CC(C)CC(NC1CCCC1)C(=O)N1CCC(N(C(C)C)S(=O)(=O)c2cccc(C(F)(F)F)c2)CC1. The van der Waals surface area contributed by atoms with Crippen LogP contribution in [0.5, 0.6) is 0 Å². The van der Waals surface area contributed by atoms with E-state index in [4.69, 9.17) is 0 Å². The van der Waals surface area contributed by atoms with Crippen LogP contribution in [-0.4, -0.2) is 60.8 Å². The molecule has 2 fully saturated rings. The smallest absolute Gasteiger partial charge is 0.341 e. The Hall–Kier alpha value is -1.65. The van der Waals surface area contributed by atoms with Gasteiger partial charge in [-0.15, -0.1) is 0 Å². The Kier molecular flexibility index (Phi) is 9.49. The van der Waals surface area contributed by atoms with Crippen molar-refractivity contribution in [1.82, 2.24) is 14.5 Å². The number of nitrogens with one attached hydrogen (secondary N) is 1. The molecular weight excluding hydrogens is 491 g/mol. The van der Waals surface area contributed by atoms with E-state index in [1.807, 2.05) is 4.90 Å². The number of carbonyl (C=O) groups is 1. The number of hydrogen-bond acceptors (Lipinski definition) is 4. The maximum absolute atomic E-state index is 13.5. The van der Waals surface area contributed by atoms with E-state index in [2.05, 4.69) is 19.2 Å². The van der Waals surface area contributed by atoms with Gasteiger partial charge in [-0.25, -0.2) is 8.42 Å². The molecule has 2 aliphatic rings. The number of amides is 1. The lowest BCUT2D eigenvalue weighted by Crippen LogP contribution is -2.55. The van der Waals surface area contributed by atoms with Crippen LogP contribution in [0.1, 0.15) is 78.2 Å². The standard InChI is InChI=1S/C26H40F3N3O3S/c1-18(2)16-24(30-21-9-5-6-10-21)25(33)31-14-12-22(13-15-31)32(19(3)4)36(34,35)23-11-7-8-20(17-23)26(27,28)29/h7-8,11,17-19,21-22,24,30H,5-6,9-10,12-16H2,1-4H3.